The maximum absolute atomic E-state index is 11.9. The van der Waals surface area contributed by atoms with Gasteiger partial charge in [0, 0.05) is 17.4 Å². The first-order valence-electron chi connectivity index (χ1n) is 9.55. The molecule has 148 valence electrons. The Hall–Kier alpha value is -3.45. The number of amides is 1. The zero-order valence-corrected chi connectivity index (χ0v) is 16.2. The summed E-state index contributed by atoms with van der Waals surface area (Å²) in [5.74, 6) is 0.147. The van der Waals surface area contributed by atoms with Crippen LogP contribution >= 0.6 is 0 Å². The molecule has 2 aromatic carbocycles. The summed E-state index contributed by atoms with van der Waals surface area (Å²) in [6, 6.07) is 17.7. The van der Waals surface area contributed by atoms with Crippen LogP contribution in [0.15, 0.2) is 60.8 Å². The summed E-state index contributed by atoms with van der Waals surface area (Å²) in [6.45, 7) is 1.99. The van der Waals surface area contributed by atoms with Crippen molar-refractivity contribution in [2.75, 3.05) is 10.6 Å². The lowest BCUT2D eigenvalue weighted by molar-refractivity contribution is 0.100. The van der Waals surface area contributed by atoms with Crippen molar-refractivity contribution in [3.63, 3.8) is 0 Å². The lowest BCUT2D eigenvalue weighted by Crippen LogP contribution is -2.36. The predicted octanol–water partition coefficient (Wildman–Crippen LogP) is 3.27. The van der Waals surface area contributed by atoms with Crippen molar-refractivity contribution >= 4 is 23.4 Å². The van der Waals surface area contributed by atoms with Crippen molar-refractivity contribution in [2.24, 2.45) is 11.5 Å². The maximum Gasteiger partial charge on any atom is 0.254 e. The number of primary amides is 1. The summed E-state index contributed by atoms with van der Waals surface area (Å²) < 4.78 is 0. The Kier molecular flexibility index (Phi) is 4.90. The fourth-order valence-electron chi connectivity index (χ4n) is 3.35. The number of aromatic nitrogens is 2. The second-order valence-electron chi connectivity index (χ2n) is 7.54. The Morgan fingerprint density at radius 2 is 1.90 bits per heavy atom. The van der Waals surface area contributed by atoms with Gasteiger partial charge in [0.1, 0.15) is 11.4 Å². The van der Waals surface area contributed by atoms with Crippen LogP contribution in [0.2, 0.25) is 0 Å². The first-order valence-corrected chi connectivity index (χ1v) is 9.55. The number of anilines is 3. The third-order valence-electron chi connectivity index (χ3n) is 5.14. The number of benzene rings is 2. The largest absolute Gasteiger partial charge is 0.365 e. The number of nitrogens with two attached hydrogens (primary N) is 2. The van der Waals surface area contributed by atoms with Gasteiger partial charge in [0.2, 0.25) is 5.95 Å². The monoisotopic (exact) mass is 388 g/mol. The Bertz CT molecular complexity index is 1030. The van der Waals surface area contributed by atoms with E-state index in [0.717, 1.165) is 29.7 Å². The zero-order chi connectivity index (χ0) is 20.4. The quantitative estimate of drug-likeness (QED) is 0.493. The van der Waals surface area contributed by atoms with Crippen LogP contribution < -0.4 is 22.1 Å². The van der Waals surface area contributed by atoms with Gasteiger partial charge in [-0.3, -0.25) is 4.79 Å². The maximum atomic E-state index is 11.9. The van der Waals surface area contributed by atoms with E-state index in [0.29, 0.717) is 11.8 Å². The normalized spacial score (nSPS) is 15.4. The van der Waals surface area contributed by atoms with E-state index in [2.05, 4.69) is 20.6 Å². The van der Waals surface area contributed by atoms with Gasteiger partial charge >= 0.3 is 0 Å². The Balaban J connectivity index is 1.66. The van der Waals surface area contributed by atoms with E-state index in [1.54, 1.807) is 0 Å². The van der Waals surface area contributed by atoms with Crippen LogP contribution in [0.3, 0.4) is 0 Å². The van der Waals surface area contributed by atoms with E-state index in [-0.39, 0.29) is 17.1 Å². The molecule has 6 N–H and O–H groups in total. The van der Waals surface area contributed by atoms with Gasteiger partial charge in [0.05, 0.1) is 6.04 Å². The molecule has 7 nitrogen and oxygen atoms in total. The minimum absolute atomic E-state index is 0.130. The van der Waals surface area contributed by atoms with E-state index < -0.39 is 5.91 Å². The fraction of sp³-hybridized carbons (Fsp3) is 0.227. The van der Waals surface area contributed by atoms with Crippen LogP contribution in [0.5, 0.6) is 0 Å². The fourth-order valence-corrected chi connectivity index (χ4v) is 3.35. The zero-order valence-electron chi connectivity index (χ0n) is 16.2. The molecular weight excluding hydrogens is 364 g/mol. The summed E-state index contributed by atoms with van der Waals surface area (Å²) in [7, 11) is 0. The van der Waals surface area contributed by atoms with Crippen LogP contribution in [-0.2, 0) is 0 Å². The molecular formula is C22H24N6O. The molecule has 1 amide bonds. The van der Waals surface area contributed by atoms with Crippen molar-refractivity contribution in [1.82, 2.24) is 9.97 Å². The second-order valence-corrected chi connectivity index (χ2v) is 7.54. The van der Waals surface area contributed by atoms with Gasteiger partial charge in [-0.1, -0.05) is 42.5 Å². The van der Waals surface area contributed by atoms with Crippen LogP contribution in [0, 0.1) is 6.92 Å². The van der Waals surface area contributed by atoms with Gasteiger partial charge in [0.25, 0.3) is 5.91 Å². The van der Waals surface area contributed by atoms with E-state index >= 15 is 0 Å². The number of carbonyl (C=O) groups excluding carboxylic acids is 1. The van der Waals surface area contributed by atoms with Crippen LogP contribution in [0.4, 0.5) is 17.5 Å². The minimum atomic E-state index is -0.594. The Labute approximate surface area is 169 Å². The average molecular weight is 388 g/mol. The van der Waals surface area contributed by atoms with E-state index in [9.17, 15) is 4.79 Å². The first-order chi connectivity index (χ1) is 13.9. The molecule has 1 fully saturated rings. The smallest absolute Gasteiger partial charge is 0.254 e. The standard InChI is InChI=1S/C22H24N6O/c1-14-6-5-9-16(12-14)26-20-17(19(23)29)13-25-21(28-20)27-18(22(24)10-11-22)15-7-3-2-4-8-15/h2-9,12-13,18H,10-11,24H2,1H3,(H2,23,29)(H2,25,26,27,28)/t18-/m0/s1. The number of nitrogens with zero attached hydrogens (tertiary/aromatic N) is 2. The van der Waals surface area contributed by atoms with Gasteiger partial charge in [0.15, 0.2) is 0 Å². The third-order valence-corrected chi connectivity index (χ3v) is 5.14. The molecule has 1 atom stereocenters. The molecule has 29 heavy (non-hydrogen) atoms. The molecule has 0 aliphatic heterocycles. The predicted molar refractivity (Wildman–Crippen MR) is 114 cm³/mol. The summed E-state index contributed by atoms with van der Waals surface area (Å²) >= 11 is 0. The van der Waals surface area contributed by atoms with Gasteiger partial charge in [-0.15, -0.1) is 0 Å². The summed E-state index contributed by atoms with van der Waals surface area (Å²) in [6.07, 6.45) is 3.29. The number of aryl methyl sites for hydroxylation is 1. The number of hydrogen-bond donors (Lipinski definition) is 4. The van der Waals surface area contributed by atoms with E-state index in [1.807, 2.05) is 61.5 Å². The number of nitrogens with one attached hydrogen (secondary N) is 2. The van der Waals surface area contributed by atoms with Crippen LogP contribution in [0.1, 0.15) is 40.4 Å². The van der Waals surface area contributed by atoms with Crippen LogP contribution in [0.25, 0.3) is 0 Å². The molecule has 0 bridgehead atoms. The summed E-state index contributed by atoms with van der Waals surface area (Å²) in [5.41, 5.74) is 14.9. The van der Waals surface area contributed by atoms with Crippen molar-refractivity contribution in [3.05, 3.63) is 77.5 Å². The lowest BCUT2D eigenvalue weighted by atomic mass is 9.98. The molecule has 1 saturated carbocycles. The second kappa shape index (κ2) is 7.52. The molecule has 0 radical (unpaired) electrons. The van der Waals surface area contributed by atoms with Gasteiger partial charge in [-0.2, -0.15) is 4.98 Å². The molecule has 0 unspecified atom stereocenters. The van der Waals surface area contributed by atoms with E-state index in [4.69, 9.17) is 11.5 Å². The van der Waals surface area contributed by atoms with Crippen molar-refractivity contribution in [3.8, 4) is 0 Å². The van der Waals surface area contributed by atoms with Gasteiger partial charge in [-0.05, 0) is 43.0 Å². The molecule has 1 aliphatic carbocycles. The highest BCUT2D eigenvalue weighted by Gasteiger charge is 2.46. The van der Waals surface area contributed by atoms with Crippen molar-refractivity contribution in [1.29, 1.82) is 0 Å². The molecule has 7 heteroatoms. The van der Waals surface area contributed by atoms with Crippen molar-refractivity contribution in [2.45, 2.75) is 31.3 Å². The van der Waals surface area contributed by atoms with E-state index in [1.165, 1.54) is 6.20 Å². The lowest BCUT2D eigenvalue weighted by Gasteiger charge is -2.25. The molecule has 3 aromatic rings. The summed E-state index contributed by atoms with van der Waals surface area (Å²) in [4.78, 5) is 20.7. The topological polar surface area (TPSA) is 119 Å². The SMILES string of the molecule is Cc1cccc(Nc2nc(N[C@@H](c3ccccc3)C3(N)CC3)ncc2C(N)=O)c1. The highest BCUT2D eigenvalue weighted by Crippen LogP contribution is 2.44. The summed E-state index contributed by atoms with van der Waals surface area (Å²) in [5, 5.41) is 6.54. The van der Waals surface area contributed by atoms with Gasteiger partial charge in [-0.25, -0.2) is 4.98 Å². The highest BCUT2D eigenvalue weighted by molar-refractivity contribution is 5.98. The third kappa shape index (κ3) is 4.20. The van der Waals surface area contributed by atoms with Crippen molar-refractivity contribution < 1.29 is 4.79 Å². The minimum Gasteiger partial charge on any atom is -0.365 e. The molecule has 0 saturated heterocycles. The number of rotatable bonds is 7. The van der Waals surface area contributed by atoms with Gasteiger partial charge < -0.3 is 22.1 Å². The average Bonchev–Trinajstić information content (AvgIpc) is 3.45. The highest BCUT2D eigenvalue weighted by atomic mass is 16.1. The molecule has 1 aliphatic rings. The molecule has 1 heterocycles. The molecule has 0 spiro atoms. The van der Waals surface area contributed by atoms with Crippen LogP contribution in [-0.4, -0.2) is 21.4 Å². The molecule has 4 rings (SSSR count). The Morgan fingerprint density at radius 3 is 2.55 bits per heavy atom. The first kappa shape index (κ1) is 18.9. The molecule has 1 aromatic heterocycles. The number of hydrogen-bond acceptors (Lipinski definition) is 6. The Morgan fingerprint density at radius 1 is 1.14 bits per heavy atom. The number of carbonyl (C=O) groups is 1.